The fourth-order valence-corrected chi connectivity index (χ4v) is 3.43. The molecule has 1 fully saturated rings. The number of carbonyl (C=O) groups is 1. The molecular formula is C19H21NO5S. The highest BCUT2D eigenvalue weighted by Gasteiger charge is 2.21. The zero-order valence-electron chi connectivity index (χ0n) is 14.5. The summed E-state index contributed by atoms with van der Waals surface area (Å²) in [6.07, 6.45) is 2.55. The summed E-state index contributed by atoms with van der Waals surface area (Å²) >= 11 is 0. The van der Waals surface area contributed by atoms with Crippen LogP contribution in [0.1, 0.15) is 24.4 Å². The van der Waals surface area contributed by atoms with Crippen LogP contribution in [0.4, 0.5) is 0 Å². The number of ether oxygens (including phenoxy) is 2. The number of amides is 1. The Hall–Kier alpha value is -2.54. The molecule has 1 amide bonds. The van der Waals surface area contributed by atoms with E-state index in [1.54, 1.807) is 12.1 Å². The number of sulfone groups is 1. The van der Waals surface area contributed by atoms with Crippen LogP contribution < -0.4 is 14.8 Å². The van der Waals surface area contributed by atoms with E-state index in [0.29, 0.717) is 31.1 Å². The van der Waals surface area contributed by atoms with Gasteiger partial charge < -0.3 is 14.8 Å². The molecule has 0 radical (unpaired) electrons. The van der Waals surface area contributed by atoms with Crippen molar-refractivity contribution in [3.63, 3.8) is 0 Å². The summed E-state index contributed by atoms with van der Waals surface area (Å²) in [5, 5.41) is 2.93. The van der Waals surface area contributed by atoms with Gasteiger partial charge in [0, 0.05) is 12.7 Å². The van der Waals surface area contributed by atoms with Crippen LogP contribution >= 0.6 is 0 Å². The fourth-order valence-electron chi connectivity index (χ4n) is 2.77. The van der Waals surface area contributed by atoms with Crippen molar-refractivity contribution in [3.05, 3.63) is 54.1 Å². The van der Waals surface area contributed by atoms with Crippen molar-refractivity contribution in [1.29, 1.82) is 0 Å². The van der Waals surface area contributed by atoms with E-state index in [4.69, 9.17) is 9.47 Å². The fraction of sp³-hybridized carbons (Fsp3) is 0.316. The van der Waals surface area contributed by atoms with Gasteiger partial charge in [0.2, 0.25) is 5.91 Å². The van der Waals surface area contributed by atoms with Crippen LogP contribution in [-0.4, -0.2) is 33.8 Å². The van der Waals surface area contributed by atoms with E-state index in [9.17, 15) is 13.2 Å². The third-order valence-corrected chi connectivity index (χ3v) is 5.24. The Balaban J connectivity index is 1.47. The number of rotatable bonds is 7. The van der Waals surface area contributed by atoms with Crippen molar-refractivity contribution in [3.8, 4) is 11.5 Å². The van der Waals surface area contributed by atoms with Crippen LogP contribution in [0.15, 0.2) is 53.4 Å². The molecular weight excluding hydrogens is 354 g/mol. The maximum atomic E-state index is 11.5. The number of hydrogen-bond donors (Lipinski definition) is 1. The molecule has 0 bridgehead atoms. The number of carbonyl (C=O) groups excluding carboxylic acids is 1. The molecule has 3 rings (SSSR count). The molecule has 7 heteroatoms. The summed E-state index contributed by atoms with van der Waals surface area (Å²) in [5.74, 6) is 1.29. The second-order valence-corrected chi connectivity index (χ2v) is 8.19. The first-order chi connectivity index (χ1) is 12.4. The van der Waals surface area contributed by atoms with Crippen LogP contribution in [-0.2, 0) is 14.6 Å². The zero-order valence-corrected chi connectivity index (χ0v) is 15.3. The summed E-state index contributed by atoms with van der Waals surface area (Å²) in [6, 6.07) is 14.1. The molecule has 1 heterocycles. The van der Waals surface area contributed by atoms with Gasteiger partial charge in [-0.05, 0) is 42.3 Å². The first-order valence-electron chi connectivity index (χ1n) is 8.37. The van der Waals surface area contributed by atoms with Gasteiger partial charge in [-0.1, -0.05) is 18.2 Å². The zero-order chi connectivity index (χ0) is 18.6. The maximum absolute atomic E-state index is 11.5. The molecule has 6 nitrogen and oxygen atoms in total. The number of benzene rings is 2. The van der Waals surface area contributed by atoms with E-state index in [1.807, 2.05) is 24.3 Å². The SMILES string of the molecule is CS(=O)(=O)c1cccc(OCCOc2ccc(C3CCC(=O)N3)cc2)c1. The van der Waals surface area contributed by atoms with Crippen LogP contribution in [0.2, 0.25) is 0 Å². The topological polar surface area (TPSA) is 81.7 Å². The molecule has 0 aromatic heterocycles. The van der Waals surface area contributed by atoms with Gasteiger partial charge in [-0.25, -0.2) is 8.42 Å². The van der Waals surface area contributed by atoms with Gasteiger partial charge in [-0.15, -0.1) is 0 Å². The lowest BCUT2D eigenvalue weighted by atomic mass is 10.1. The van der Waals surface area contributed by atoms with Crippen molar-refractivity contribution < 1.29 is 22.7 Å². The summed E-state index contributed by atoms with van der Waals surface area (Å²) in [7, 11) is -3.25. The highest BCUT2D eigenvalue weighted by molar-refractivity contribution is 7.90. The quantitative estimate of drug-likeness (QED) is 0.752. The lowest BCUT2D eigenvalue weighted by molar-refractivity contribution is -0.119. The smallest absolute Gasteiger partial charge is 0.220 e. The van der Waals surface area contributed by atoms with Crippen LogP contribution in [0.5, 0.6) is 11.5 Å². The lowest BCUT2D eigenvalue weighted by Gasteiger charge is -2.12. The van der Waals surface area contributed by atoms with E-state index < -0.39 is 9.84 Å². The van der Waals surface area contributed by atoms with Gasteiger partial charge in [0.1, 0.15) is 24.7 Å². The maximum Gasteiger partial charge on any atom is 0.220 e. The minimum Gasteiger partial charge on any atom is -0.490 e. The Bertz CT molecular complexity index is 877. The van der Waals surface area contributed by atoms with Crippen molar-refractivity contribution in [2.45, 2.75) is 23.8 Å². The highest BCUT2D eigenvalue weighted by atomic mass is 32.2. The second kappa shape index (κ2) is 7.78. The van der Waals surface area contributed by atoms with Crippen LogP contribution in [0, 0.1) is 0 Å². The van der Waals surface area contributed by atoms with Crippen molar-refractivity contribution >= 4 is 15.7 Å². The van der Waals surface area contributed by atoms with E-state index in [2.05, 4.69) is 5.32 Å². The molecule has 0 spiro atoms. The van der Waals surface area contributed by atoms with E-state index in [0.717, 1.165) is 18.2 Å². The lowest BCUT2D eigenvalue weighted by Crippen LogP contribution is -2.18. The minimum absolute atomic E-state index is 0.0852. The summed E-state index contributed by atoms with van der Waals surface area (Å²) in [6.45, 7) is 0.635. The molecule has 1 aliphatic heterocycles. The standard InChI is InChI=1S/C19H21NO5S/c1-26(22,23)17-4-2-3-16(13-17)25-12-11-24-15-7-5-14(6-8-15)18-9-10-19(21)20-18/h2-8,13,18H,9-12H2,1H3,(H,20,21). The van der Waals surface area contributed by atoms with Gasteiger partial charge in [0.15, 0.2) is 9.84 Å². The monoisotopic (exact) mass is 375 g/mol. The molecule has 2 aromatic carbocycles. The largest absolute Gasteiger partial charge is 0.490 e. The Morgan fingerprint density at radius 2 is 1.73 bits per heavy atom. The number of nitrogens with one attached hydrogen (secondary N) is 1. The Kier molecular flexibility index (Phi) is 5.46. The van der Waals surface area contributed by atoms with E-state index in [1.165, 1.54) is 12.1 Å². The number of hydrogen-bond acceptors (Lipinski definition) is 5. The molecule has 0 saturated carbocycles. The molecule has 26 heavy (non-hydrogen) atoms. The minimum atomic E-state index is -3.25. The molecule has 0 aliphatic carbocycles. The third kappa shape index (κ3) is 4.76. The normalized spacial score (nSPS) is 17.0. The predicted octanol–water partition coefficient (Wildman–Crippen LogP) is 2.50. The predicted molar refractivity (Wildman–Crippen MR) is 97.1 cm³/mol. The molecule has 2 aromatic rings. The van der Waals surface area contributed by atoms with E-state index in [-0.39, 0.29) is 16.8 Å². The summed E-state index contributed by atoms with van der Waals surface area (Å²) < 4.78 is 34.3. The van der Waals surface area contributed by atoms with Crippen molar-refractivity contribution in [2.75, 3.05) is 19.5 Å². The second-order valence-electron chi connectivity index (χ2n) is 6.17. The average molecular weight is 375 g/mol. The summed E-state index contributed by atoms with van der Waals surface area (Å²) in [5.41, 5.74) is 1.07. The van der Waals surface area contributed by atoms with Gasteiger partial charge >= 0.3 is 0 Å². The Morgan fingerprint density at radius 1 is 1.04 bits per heavy atom. The van der Waals surface area contributed by atoms with Crippen LogP contribution in [0.25, 0.3) is 0 Å². The summed E-state index contributed by atoms with van der Waals surface area (Å²) in [4.78, 5) is 11.5. The molecule has 1 aliphatic rings. The molecule has 1 N–H and O–H groups in total. The average Bonchev–Trinajstić information content (AvgIpc) is 3.05. The van der Waals surface area contributed by atoms with Crippen LogP contribution in [0.3, 0.4) is 0 Å². The van der Waals surface area contributed by atoms with Crippen molar-refractivity contribution in [1.82, 2.24) is 5.32 Å². The van der Waals surface area contributed by atoms with Crippen molar-refractivity contribution in [2.24, 2.45) is 0 Å². The Labute approximate surface area is 153 Å². The first-order valence-corrected chi connectivity index (χ1v) is 10.3. The third-order valence-electron chi connectivity index (χ3n) is 4.13. The molecule has 138 valence electrons. The van der Waals surface area contributed by atoms with Gasteiger partial charge in [-0.3, -0.25) is 4.79 Å². The molecule has 1 unspecified atom stereocenters. The van der Waals surface area contributed by atoms with Gasteiger partial charge in [0.25, 0.3) is 0 Å². The molecule has 1 atom stereocenters. The highest BCUT2D eigenvalue weighted by Crippen LogP contribution is 2.25. The van der Waals surface area contributed by atoms with E-state index >= 15 is 0 Å². The Morgan fingerprint density at radius 3 is 2.35 bits per heavy atom. The van der Waals surface area contributed by atoms with Gasteiger partial charge in [-0.2, -0.15) is 0 Å². The van der Waals surface area contributed by atoms with Gasteiger partial charge in [0.05, 0.1) is 10.9 Å². The first kappa shape index (κ1) is 18.3. The molecule has 1 saturated heterocycles.